The van der Waals surface area contributed by atoms with E-state index in [1.165, 1.54) is 5.56 Å². The highest BCUT2D eigenvalue weighted by atomic mass is 16.2. The number of nitrogens with one attached hydrogen (secondary N) is 2. The van der Waals surface area contributed by atoms with Gasteiger partial charge in [-0.2, -0.15) is 0 Å². The zero-order valence-electron chi connectivity index (χ0n) is 14.4. The van der Waals surface area contributed by atoms with Gasteiger partial charge in [0.25, 0.3) is 0 Å². The first kappa shape index (κ1) is 18.5. The molecule has 4 nitrogen and oxygen atoms in total. The number of carbonyl (C=O) groups is 1. The van der Waals surface area contributed by atoms with Crippen molar-refractivity contribution >= 4 is 6.03 Å². The van der Waals surface area contributed by atoms with Crippen molar-refractivity contribution in [2.75, 3.05) is 20.1 Å². The molecule has 0 saturated heterocycles. The molecule has 0 heterocycles. The summed E-state index contributed by atoms with van der Waals surface area (Å²) in [7, 11) is 2.09. The second-order valence-corrected chi connectivity index (χ2v) is 6.06. The predicted octanol–water partition coefficient (Wildman–Crippen LogP) is 3.04. The average molecular weight is 305 g/mol. The molecule has 2 amide bonds. The lowest BCUT2D eigenvalue weighted by Crippen LogP contribution is -2.44. The van der Waals surface area contributed by atoms with Gasteiger partial charge in [-0.3, -0.25) is 0 Å². The number of rotatable bonds is 9. The van der Waals surface area contributed by atoms with Crippen LogP contribution in [-0.2, 0) is 6.42 Å². The molecular formula is C18H31N3O. The third-order valence-electron chi connectivity index (χ3n) is 4.18. The smallest absolute Gasteiger partial charge is 0.315 e. The lowest BCUT2D eigenvalue weighted by molar-refractivity contribution is 0.227. The summed E-state index contributed by atoms with van der Waals surface area (Å²) in [6.07, 6.45) is 3.06. The van der Waals surface area contributed by atoms with Crippen molar-refractivity contribution in [3.05, 3.63) is 35.9 Å². The predicted molar refractivity (Wildman–Crippen MR) is 93.1 cm³/mol. The first-order valence-corrected chi connectivity index (χ1v) is 8.31. The van der Waals surface area contributed by atoms with Gasteiger partial charge in [0.05, 0.1) is 0 Å². The monoisotopic (exact) mass is 305 g/mol. The fraction of sp³-hybridized carbons (Fsp3) is 0.611. The Morgan fingerprint density at radius 1 is 1.23 bits per heavy atom. The third kappa shape index (κ3) is 7.46. The zero-order chi connectivity index (χ0) is 16.4. The molecule has 4 heteroatoms. The van der Waals surface area contributed by atoms with Gasteiger partial charge in [0.1, 0.15) is 0 Å². The van der Waals surface area contributed by atoms with E-state index in [0.29, 0.717) is 12.6 Å². The number of hydrogen-bond acceptors (Lipinski definition) is 2. The standard InChI is InChI=1S/C18H31N3O/c1-5-16(3)21(4)14-13-19-18(22)20-15(2)11-12-17-9-7-6-8-10-17/h6-10,15-16H,5,11-14H2,1-4H3,(H2,19,20,22). The molecule has 0 radical (unpaired) electrons. The minimum atomic E-state index is -0.0712. The van der Waals surface area contributed by atoms with E-state index < -0.39 is 0 Å². The Bertz CT molecular complexity index is 422. The van der Waals surface area contributed by atoms with Gasteiger partial charge >= 0.3 is 6.03 Å². The number of likely N-dealkylation sites (N-methyl/N-ethyl adjacent to an activating group) is 1. The molecule has 2 atom stereocenters. The molecule has 0 aliphatic carbocycles. The molecule has 0 fully saturated rings. The first-order chi connectivity index (χ1) is 10.5. The van der Waals surface area contributed by atoms with Crippen LogP contribution in [-0.4, -0.2) is 43.2 Å². The van der Waals surface area contributed by atoms with E-state index in [2.05, 4.69) is 48.6 Å². The summed E-state index contributed by atoms with van der Waals surface area (Å²) in [5.74, 6) is 0. The molecule has 0 bridgehead atoms. The number of nitrogens with zero attached hydrogens (tertiary/aromatic N) is 1. The van der Waals surface area contributed by atoms with Crippen LogP contribution < -0.4 is 10.6 Å². The van der Waals surface area contributed by atoms with Crippen molar-refractivity contribution in [2.45, 2.75) is 52.1 Å². The lowest BCUT2D eigenvalue weighted by atomic mass is 10.1. The van der Waals surface area contributed by atoms with E-state index in [-0.39, 0.29) is 12.1 Å². The molecule has 1 aromatic carbocycles. The van der Waals surface area contributed by atoms with Gasteiger partial charge in [-0.05, 0) is 45.7 Å². The van der Waals surface area contributed by atoms with E-state index in [9.17, 15) is 4.79 Å². The van der Waals surface area contributed by atoms with Gasteiger partial charge < -0.3 is 15.5 Å². The molecule has 0 aliphatic heterocycles. The molecule has 22 heavy (non-hydrogen) atoms. The molecule has 1 aromatic rings. The van der Waals surface area contributed by atoms with Crippen molar-refractivity contribution < 1.29 is 4.79 Å². The van der Waals surface area contributed by atoms with Gasteiger partial charge in [-0.1, -0.05) is 37.3 Å². The van der Waals surface area contributed by atoms with Crippen LogP contribution in [0.4, 0.5) is 4.79 Å². The van der Waals surface area contributed by atoms with Gasteiger partial charge in [0.2, 0.25) is 0 Å². The van der Waals surface area contributed by atoms with Gasteiger partial charge in [-0.25, -0.2) is 4.79 Å². The molecule has 2 N–H and O–H groups in total. The Balaban J connectivity index is 2.16. The SMILES string of the molecule is CCC(C)N(C)CCNC(=O)NC(C)CCc1ccccc1. The van der Waals surface area contributed by atoms with Gasteiger partial charge in [0, 0.05) is 25.2 Å². The van der Waals surface area contributed by atoms with Crippen LogP contribution in [0, 0.1) is 0 Å². The maximum absolute atomic E-state index is 11.8. The number of urea groups is 1. The summed E-state index contributed by atoms with van der Waals surface area (Å²) in [5.41, 5.74) is 1.31. The largest absolute Gasteiger partial charge is 0.337 e. The maximum atomic E-state index is 11.8. The Morgan fingerprint density at radius 2 is 1.91 bits per heavy atom. The Morgan fingerprint density at radius 3 is 2.55 bits per heavy atom. The Hall–Kier alpha value is -1.55. The number of hydrogen-bond donors (Lipinski definition) is 2. The molecule has 0 aliphatic rings. The van der Waals surface area contributed by atoms with Crippen molar-refractivity contribution in [1.29, 1.82) is 0 Å². The summed E-state index contributed by atoms with van der Waals surface area (Å²) in [6, 6.07) is 11.0. The number of amides is 2. The Labute approximate surface area is 135 Å². The summed E-state index contributed by atoms with van der Waals surface area (Å²) in [5, 5.41) is 5.93. The minimum Gasteiger partial charge on any atom is -0.337 e. The number of aryl methyl sites for hydroxylation is 1. The highest BCUT2D eigenvalue weighted by molar-refractivity contribution is 5.74. The van der Waals surface area contributed by atoms with Gasteiger partial charge in [-0.15, -0.1) is 0 Å². The second-order valence-electron chi connectivity index (χ2n) is 6.06. The topological polar surface area (TPSA) is 44.4 Å². The molecule has 0 saturated carbocycles. The van der Waals surface area contributed by atoms with Crippen LogP contribution in [0.1, 0.15) is 39.2 Å². The molecule has 0 aromatic heterocycles. The second kappa shape index (κ2) is 10.2. The first-order valence-electron chi connectivity index (χ1n) is 8.31. The van der Waals surface area contributed by atoms with Crippen LogP contribution in [0.25, 0.3) is 0 Å². The summed E-state index contributed by atoms with van der Waals surface area (Å²) in [6.45, 7) is 7.98. The molecule has 2 unspecified atom stereocenters. The minimum absolute atomic E-state index is 0.0712. The van der Waals surface area contributed by atoms with E-state index in [1.54, 1.807) is 0 Å². The quantitative estimate of drug-likeness (QED) is 0.736. The van der Waals surface area contributed by atoms with Crippen LogP contribution in [0.3, 0.4) is 0 Å². The fourth-order valence-corrected chi connectivity index (χ4v) is 2.25. The highest BCUT2D eigenvalue weighted by Gasteiger charge is 2.09. The maximum Gasteiger partial charge on any atom is 0.315 e. The highest BCUT2D eigenvalue weighted by Crippen LogP contribution is 2.04. The van der Waals surface area contributed by atoms with Crippen LogP contribution in [0.2, 0.25) is 0 Å². The fourth-order valence-electron chi connectivity index (χ4n) is 2.25. The van der Waals surface area contributed by atoms with Crippen molar-refractivity contribution in [3.63, 3.8) is 0 Å². The van der Waals surface area contributed by atoms with E-state index in [0.717, 1.165) is 25.8 Å². The van der Waals surface area contributed by atoms with Gasteiger partial charge in [0.15, 0.2) is 0 Å². The zero-order valence-corrected chi connectivity index (χ0v) is 14.4. The van der Waals surface area contributed by atoms with E-state index in [1.807, 2.05) is 25.1 Å². The number of benzene rings is 1. The van der Waals surface area contributed by atoms with E-state index in [4.69, 9.17) is 0 Å². The molecule has 124 valence electrons. The third-order valence-corrected chi connectivity index (χ3v) is 4.18. The van der Waals surface area contributed by atoms with Crippen LogP contribution >= 0.6 is 0 Å². The normalized spacial score (nSPS) is 13.7. The summed E-state index contributed by atoms with van der Waals surface area (Å²) in [4.78, 5) is 14.1. The lowest BCUT2D eigenvalue weighted by Gasteiger charge is -2.23. The summed E-state index contributed by atoms with van der Waals surface area (Å²) >= 11 is 0. The van der Waals surface area contributed by atoms with Crippen molar-refractivity contribution in [2.24, 2.45) is 0 Å². The van der Waals surface area contributed by atoms with Crippen LogP contribution in [0.15, 0.2) is 30.3 Å². The van der Waals surface area contributed by atoms with Crippen LogP contribution in [0.5, 0.6) is 0 Å². The Kier molecular flexibility index (Phi) is 8.60. The molecule has 0 spiro atoms. The van der Waals surface area contributed by atoms with E-state index >= 15 is 0 Å². The summed E-state index contributed by atoms with van der Waals surface area (Å²) < 4.78 is 0. The molecular weight excluding hydrogens is 274 g/mol. The molecule has 1 rings (SSSR count). The van der Waals surface area contributed by atoms with Crippen molar-refractivity contribution in [3.8, 4) is 0 Å². The average Bonchev–Trinajstić information content (AvgIpc) is 2.53. The number of carbonyl (C=O) groups excluding carboxylic acids is 1. The van der Waals surface area contributed by atoms with Crippen molar-refractivity contribution in [1.82, 2.24) is 15.5 Å².